The number of H-pyrrole nitrogens is 1. The molecule has 4 nitrogen and oxygen atoms in total. The van der Waals surface area contributed by atoms with Gasteiger partial charge in [0, 0.05) is 40.2 Å². The predicted octanol–water partition coefficient (Wildman–Crippen LogP) is 4.78. The Kier molecular flexibility index (Phi) is 3.94. The molecule has 0 bridgehead atoms. The van der Waals surface area contributed by atoms with Gasteiger partial charge in [0.25, 0.3) is 0 Å². The Morgan fingerprint density at radius 2 is 1.72 bits per heavy atom. The zero-order chi connectivity index (χ0) is 17.2. The monoisotopic (exact) mass is 328 g/mol. The Hall–Kier alpha value is -3.14. The van der Waals surface area contributed by atoms with Crippen molar-refractivity contribution in [3.63, 3.8) is 0 Å². The molecule has 1 atom stereocenters. The zero-order valence-corrected chi connectivity index (χ0v) is 14.3. The molecule has 0 aliphatic heterocycles. The summed E-state index contributed by atoms with van der Waals surface area (Å²) in [4.78, 5) is 12.3. The maximum Gasteiger partial charge on any atom is 0.126 e. The average molecular weight is 328 g/mol. The Bertz CT molecular complexity index is 1000. The minimum absolute atomic E-state index is 0.00606. The molecule has 0 spiro atoms. The summed E-state index contributed by atoms with van der Waals surface area (Å²) >= 11 is 0. The normalized spacial score (nSPS) is 12.2. The molecular formula is C21H20N4. The highest BCUT2D eigenvalue weighted by Gasteiger charge is 2.21. The van der Waals surface area contributed by atoms with Gasteiger partial charge in [0.15, 0.2) is 0 Å². The lowest BCUT2D eigenvalue weighted by Crippen LogP contribution is -2.14. The highest BCUT2D eigenvalue weighted by Crippen LogP contribution is 2.34. The Balaban J connectivity index is 1.87. The summed E-state index contributed by atoms with van der Waals surface area (Å²) in [5.41, 5.74) is 5.70. The SMILES string of the molecule is Cc1cccc(N[C@H](c2ccncc2)c2c(C)[nH]c3ccccc23)n1. The first-order valence-corrected chi connectivity index (χ1v) is 8.40. The molecule has 0 unspecified atom stereocenters. The molecule has 0 aliphatic rings. The molecule has 124 valence electrons. The van der Waals surface area contributed by atoms with E-state index in [1.165, 1.54) is 10.9 Å². The van der Waals surface area contributed by atoms with Crippen molar-refractivity contribution in [3.05, 3.63) is 89.5 Å². The minimum atomic E-state index is -0.00606. The molecule has 4 rings (SSSR count). The number of benzene rings is 1. The second-order valence-corrected chi connectivity index (χ2v) is 6.23. The van der Waals surface area contributed by atoms with Gasteiger partial charge in [0.2, 0.25) is 0 Å². The van der Waals surface area contributed by atoms with Crippen LogP contribution < -0.4 is 5.32 Å². The van der Waals surface area contributed by atoms with Crippen LogP contribution in [0.3, 0.4) is 0 Å². The molecule has 25 heavy (non-hydrogen) atoms. The van der Waals surface area contributed by atoms with Gasteiger partial charge in [-0.15, -0.1) is 0 Å². The Labute approximate surface area is 147 Å². The summed E-state index contributed by atoms with van der Waals surface area (Å²) in [6.45, 7) is 4.12. The lowest BCUT2D eigenvalue weighted by molar-refractivity contribution is 0.914. The molecule has 3 heterocycles. The standard InChI is InChI=1S/C21H20N4/c1-14-6-5-9-19(23-14)25-21(16-10-12-22-13-11-16)20-15(2)24-18-8-4-3-7-17(18)20/h3-13,21,24H,1-2H3,(H,23,25)/t21-/m1/s1. The van der Waals surface area contributed by atoms with Crippen molar-refractivity contribution < 1.29 is 0 Å². The highest BCUT2D eigenvalue weighted by molar-refractivity contribution is 5.86. The molecule has 3 aromatic heterocycles. The van der Waals surface area contributed by atoms with Crippen LogP contribution in [0.1, 0.15) is 28.6 Å². The summed E-state index contributed by atoms with van der Waals surface area (Å²) in [5, 5.41) is 4.84. The first-order chi connectivity index (χ1) is 12.2. The number of hydrogen-bond donors (Lipinski definition) is 2. The smallest absolute Gasteiger partial charge is 0.126 e. The van der Waals surface area contributed by atoms with Gasteiger partial charge in [-0.3, -0.25) is 4.98 Å². The van der Waals surface area contributed by atoms with E-state index in [1.54, 1.807) is 0 Å². The molecule has 1 aromatic carbocycles. The zero-order valence-electron chi connectivity index (χ0n) is 14.3. The summed E-state index contributed by atoms with van der Waals surface area (Å²) in [7, 11) is 0. The van der Waals surface area contributed by atoms with Crippen LogP contribution in [-0.2, 0) is 0 Å². The molecule has 0 saturated heterocycles. The molecule has 2 N–H and O–H groups in total. The number of aryl methyl sites for hydroxylation is 2. The van der Waals surface area contributed by atoms with E-state index in [9.17, 15) is 0 Å². The molecule has 0 radical (unpaired) electrons. The van der Waals surface area contributed by atoms with Crippen LogP contribution in [-0.4, -0.2) is 15.0 Å². The lowest BCUT2D eigenvalue weighted by atomic mass is 9.96. The van der Waals surface area contributed by atoms with Gasteiger partial charge in [0.1, 0.15) is 5.82 Å². The largest absolute Gasteiger partial charge is 0.359 e. The number of rotatable bonds is 4. The average Bonchev–Trinajstić information content (AvgIpc) is 2.96. The third-order valence-corrected chi connectivity index (χ3v) is 4.45. The molecular weight excluding hydrogens is 308 g/mol. The number of para-hydroxylation sites is 1. The molecule has 4 heteroatoms. The van der Waals surface area contributed by atoms with E-state index in [0.29, 0.717) is 0 Å². The fourth-order valence-corrected chi connectivity index (χ4v) is 3.32. The van der Waals surface area contributed by atoms with Crippen LogP contribution in [0.5, 0.6) is 0 Å². The topological polar surface area (TPSA) is 53.6 Å². The van der Waals surface area contributed by atoms with Crippen LogP contribution in [0.4, 0.5) is 5.82 Å². The van der Waals surface area contributed by atoms with Gasteiger partial charge in [-0.1, -0.05) is 24.3 Å². The van der Waals surface area contributed by atoms with Crippen molar-refractivity contribution in [1.82, 2.24) is 15.0 Å². The number of aromatic amines is 1. The van der Waals surface area contributed by atoms with Gasteiger partial charge in [-0.05, 0) is 49.7 Å². The van der Waals surface area contributed by atoms with Crippen LogP contribution in [0.15, 0.2) is 67.0 Å². The van der Waals surface area contributed by atoms with Crippen LogP contribution >= 0.6 is 0 Å². The molecule has 0 amide bonds. The highest BCUT2D eigenvalue weighted by atomic mass is 15.0. The van der Waals surface area contributed by atoms with Crippen molar-refractivity contribution in [2.75, 3.05) is 5.32 Å². The van der Waals surface area contributed by atoms with Crippen molar-refractivity contribution in [2.24, 2.45) is 0 Å². The molecule has 4 aromatic rings. The van der Waals surface area contributed by atoms with Crippen LogP contribution in [0, 0.1) is 13.8 Å². The first kappa shape index (κ1) is 15.4. The van der Waals surface area contributed by atoms with E-state index in [4.69, 9.17) is 0 Å². The lowest BCUT2D eigenvalue weighted by Gasteiger charge is -2.21. The second kappa shape index (κ2) is 6.40. The van der Waals surface area contributed by atoms with Crippen molar-refractivity contribution in [2.45, 2.75) is 19.9 Å². The molecule has 0 saturated carbocycles. The maximum absolute atomic E-state index is 4.62. The van der Waals surface area contributed by atoms with Crippen molar-refractivity contribution in [1.29, 1.82) is 0 Å². The maximum atomic E-state index is 4.62. The third-order valence-electron chi connectivity index (χ3n) is 4.45. The van der Waals surface area contributed by atoms with Gasteiger partial charge in [-0.2, -0.15) is 0 Å². The van der Waals surface area contributed by atoms with E-state index in [2.05, 4.69) is 63.6 Å². The van der Waals surface area contributed by atoms with E-state index in [1.807, 2.05) is 37.5 Å². The Morgan fingerprint density at radius 1 is 0.920 bits per heavy atom. The van der Waals surface area contributed by atoms with Gasteiger partial charge in [-0.25, -0.2) is 4.98 Å². The second-order valence-electron chi connectivity index (χ2n) is 6.23. The fourth-order valence-electron chi connectivity index (χ4n) is 3.32. The summed E-state index contributed by atoms with van der Waals surface area (Å²) < 4.78 is 0. The number of fused-ring (bicyclic) bond motifs is 1. The van der Waals surface area contributed by atoms with Crippen LogP contribution in [0.2, 0.25) is 0 Å². The predicted molar refractivity (Wildman–Crippen MR) is 102 cm³/mol. The number of anilines is 1. The van der Waals surface area contributed by atoms with E-state index in [-0.39, 0.29) is 6.04 Å². The van der Waals surface area contributed by atoms with Crippen molar-refractivity contribution >= 4 is 16.7 Å². The van der Waals surface area contributed by atoms with E-state index in [0.717, 1.165) is 28.3 Å². The fraction of sp³-hybridized carbons (Fsp3) is 0.143. The van der Waals surface area contributed by atoms with Crippen molar-refractivity contribution in [3.8, 4) is 0 Å². The summed E-state index contributed by atoms with van der Waals surface area (Å²) in [5.74, 6) is 0.867. The quantitative estimate of drug-likeness (QED) is 0.567. The number of nitrogens with zero attached hydrogens (tertiary/aromatic N) is 2. The number of nitrogens with one attached hydrogen (secondary N) is 2. The Morgan fingerprint density at radius 3 is 2.52 bits per heavy atom. The number of pyridine rings is 2. The number of hydrogen-bond acceptors (Lipinski definition) is 3. The third kappa shape index (κ3) is 2.98. The van der Waals surface area contributed by atoms with E-state index < -0.39 is 0 Å². The first-order valence-electron chi connectivity index (χ1n) is 8.40. The number of aromatic nitrogens is 3. The minimum Gasteiger partial charge on any atom is -0.359 e. The van der Waals surface area contributed by atoms with Gasteiger partial charge < -0.3 is 10.3 Å². The van der Waals surface area contributed by atoms with Gasteiger partial charge in [0.05, 0.1) is 6.04 Å². The molecule has 0 fully saturated rings. The molecule has 0 aliphatic carbocycles. The summed E-state index contributed by atoms with van der Waals surface area (Å²) in [6, 6.07) is 18.5. The van der Waals surface area contributed by atoms with Crippen LogP contribution in [0.25, 0.3) is 10.9 Å². The van der Waals surface area contributed by atoms with Gasteiger partial charge >= 0.3 is 0 Å². The van der Waals surface area contributed by atoms with E-state index >= 15 is 0 Å². The summed E-state index contributed by atoms with van der Waals surface area (Å²) in [6.07, 6.45) is 3.66.